The van der Waals surface area contributed by atoms with Crippen LogP contribution in [0, 0.1) is 5.92 Å². The summed E-state index contributed by atoms with van der Waals surface area (Å²) in [6, 6.07) is 0.706. The van der Waals surface area contributed by atoms with Gasteiger partial charge in [0, 0.05) is 26.2 Å². The highest BCUT2D eigenvalue weighted by atomic mass is 16.5. The van der Waals surface area contributed by atoms with E-state index in [1.165, 1.54) is 25.9 Å². The monoisotopic (exact) mass is 214 g/mol. The molecule has 0 aliphatic carbocycles. The molecule has 1 heterocycles. The molecule has 1 aliphatic rings. The molecule has 1 aliphatic heterocycles. The Hall–Kier alpha value is -0.120. The molecule has 0 bridgehead atoms. The summed E-state index contributed by atoms with van der Waals surface area (Å²) < 4.78 is 5.15. The lowest BCUT2D eigenvalue weighted by molar-refractivity contribution is 0.127. The van der Waals surface area contributed by atoms with Crippen LogP contribution in [0.3, 0.4) is 0 Å². The molecular formula is C12H26N2O. The summed E-state index contributed by atoms with van der Waals surface area (Å²) in [5.74, 6) is 0.746. The molecule has 3 nitrogen and oxygen atoms in total. The first-order chi connectivity index (χ1) is 7.26. The molecule has 0 saturated carbocycles. The summed E-state index contributed by atoms with van der Waals surface area (Å²) in [7, 11) is 1.78. The van der Waals surface area contributed by atoms with Crippen molar-refractivity contribution in [1.82, 2.24) is 10.2 Å². The third-order valence-electron chi connectivity index (χ3n) is 3.22. The van der Waals surface area contributed by atoms with Crippen LogP contribution in [-0.2, 0) is 4.74 Å². The van der Waals surface area contributed by atoms with Crippen LogP contribution >= 0.6 is 0 Å². The maximum absolute atomic E-state index is 5.15. The Balaban J connectivity index is 2.36. The summed E-state index contributed by atoms with van der Waals surface area (Å²) in [4.78, 5) is 2.54. The van der Waals surface area contributed by atoms with Crippen molar-refractivity contribution in [2.24, 2.45) is 5.92 Å². The summed E-state index contributed by atoms with van der Waals surface area (Å²) in [6.45, 7) is 10.1. The Morgan fingerprint density at radius 3 is 2.93 bits per heavy atom. The van der Waals surface area contributed by atoms with Gasteiger partial charge in [-0.25, -0.2) is 0 Å². The van der Waals surface area contributed by atoms with Gasteiger partial charge in [0.2, 0.25) is 0 Å². The Morgan fingerprint density at radius 1 is 1.47 bits per heavy atom. The van der Waals surface area contributed by atoms with Gasteiger partial charge >= 0.3 is 0 Å². The van der Waals surface area contributed by atoms with E-state index < -0.39 is 0 Å². The average Bonchev–Trinajstić information content (AvgIpc) is 2.22. The van der Waals surface area contributed by atoms with Gasteiger partial charge < -0.3 is 15.0 Å². The number of ether oxygens (including phenoxy) is 1. The lowest BCUT2D eigenvalue weighted by Gasteiger charge is -2.31. The molecule has 15 heavy (non-hydrogen) atoms. The highest BCUT2D eigenvalue weighted by Crippen LogP contribution is 2.08. The third-order valence-corrected chi connectivity index (χ3v) is 3.22. The minimum absolute atomic E-state index is 0.706. The molecule has 1 rings (SSSR count). The molecule has 0 aromatic carbocycles. The lowest BCUT2D eigenvalue weighted by atomic mass is 10.0. The Labute approximate surface area is 94.2 Å². The Bertz CT molecular complexity index is 164. The molecular weight excluding hydrogens is 188 g/mol. The number of rotatable bonds is 4. The predicted molar refractivity (Wildman–Crippen MR) is 64.2 cm³/mol. The van der Waals surface area contributed by atoms with Crippen molar-refractivity contribution >= 4 is 0 Å². The van der Waals surface area contributed by atoms with E-state index >= 15 is 0 Å². The molecule has 1 fully saturated rings. The van der Waals surface area contributed by atoms with E-state index in [0.717, 1.165) is 25.6 Å². The largest absolute Gasteiger partial charge is 0.383 e. The van der Waals surface area contributed by atoms with Gasteiger partial charge in [-0.1, -0.05) is 13.8 Å². The van der Waals surface area contributed by atoms with Gasteiger partial charge in [0.15, 0.2) is 0 Å². The van der Waals surface area contributed by atoms with E-state index in [-0.39, 0.29) is 0 Å². The van der Waals surface area contributed by atoms with E-state index in [9.17, 15) is 0 Å². The van der Waals surface area contributed by atoms with Gasteiger partial charge in [-0.15, -0.1) is 0 Å². The maximum Gasteiger partial charge on any atom is 0.0589 e. The minimum Gasteiger partial charge on any atom is -0.383 e. The first-order valence-corrected chi connectivity index (χ1v) is 6.21. The number of nitrogens with one attached hydrogen (secondary N) is 1. The van der Waals surface area contributed by atoms with Crippen molar-refractivity contribution in [2.45, 2.75) is 32.7 Å². The van der Waals surface area contributed by atoms with E-state index in [1.807, 2.05) is 0 Å². The SMILES string of the molecule is CCC1CCN(CCOC)CC(C)CN1. The van der Waals surface area contributed by atoms with Crippen LogP contribution in [0.25, 0.3) is 0 Å². The van der Waals surface area contributed by atoms with Crippen molar-refractivity contribution in [2.75, 3.05) is 39.9 Å². The highest BCUT2D eigenvalue weighted by molar-refractivity contribution is 4.75. The number of hydrogen-bond acceptors (Lipinski definition) is 3. The fourth-order valence-electron chi connectivity index (χ4n) is 2.18. The van der Waals surface area contributed by atoms with E-state index in [2.05, 4.69) is 24.1 Å². The second-order valence-corrected chi connectivity index (χ2v) is 4.70. The fraction of sp³-hybridized carbons (Fsp3) is 1.00. The van der Waals surface area contributed by atoms with Crippen molar-refractivity contribution in [3.63, 3.8) is 0 Å². The van der Waals surface area contributed by atoms with E-state index in [4.69, 9.17) is 4.74 Å². The van der Waals surface area contributed by atoms with Crippen LogP contribution in [0.5, 0.6) is 0 Å². The summed E-state index contributed by atoms with van der Waals surface area (Å²) in [6.07, 6.45) is 2.51. The second kappa shape index (κ2) is 7.20. The molecule has 0 spiro atoms. The Kier molecular flexibility index (Phi) is 6.22. The normalized spacial score (nSPS) is 29.8. The lowest BCUT2D eigenvalue weighted by Crippen LogP contribution is -2.44. The zero-order valence-corrected chi connectivity index (χ0v) is 10.5. The molecule has 1 N–H and O–H groups in total. The summed E-state index contributed by atoms with van der Waals surface area (Å²) in [5, 5.41) is 3.64. The molecule has 1 saturated heterocycles. The zero-order chi connectivity index (χ0) is 11.1. The second-order valence-electron chi connectivity index (χ2n) is 4.70. The smallest absolute Gasteiger partial charge is 0.0589 e. The van der Waals surface area contributed by atoms with Gasteiger partial charge in [0.1, 0.15) is 0 Å². The molecule has 0 aromatic heterocycles. The predicted octanol–water partition coefficient (Wildman–Crippen LogP) is 1.34. The molecule has 2 atom stereocenters. The molecule has 0 radical (unpaired) electrons. The first kappa shape index (κ1) is 12.9. The maximum atomic E-state index is 5.15. The first-order valence-electron chi connectivity index (χ1n) is 6.21. The van der Waals surface area contributed by atoms with Crippen LogP contribution in [0.15, 0.2) is 0 Å². The minimum atomic E-state index is 0.706. The van der Waals surface area contributed by atoms with Crippen LogP contribution in [0.4, 0.5) is 0 Å². The number of hydrogen-bond donors (Lipinski definition) is 1. The summed E-state index contributed by atoms with van der Waals surface area (Å²) in [5.41, 5.74) is 0. The van der Waals surface area contributed by atoms with Crippen molar-refractivity contribution in [3.8, 4) is 0 Å². The molecule has 90 valence electrons. The molecule has 0 amide bonds. The number of nitrogens with zero attached hydrogens (tertiary/aromatic N) is 1. The van der Waals surface area contributed by atoms with E-state index in [1.54, 1.807) is 7.11 Å². The van der Waals surface area contributed by atoms with Gasteiger partial charge in [0.25, 0.3) is 0 Å². The fourth-order valence-corrected chi connectivity index (χ4v) is 2.18. The average molecular weight is 214 g/mol. The third kappa shape index (κ3) is 4.96. The van der Waals surface area contributed by atoms with Crippen molar-refractivity contribution in [3.05, 3.63) is 0 Å². The van der Waals surface area contributed by atoms with E-state index in [0.29, 0.717) is 6.04 Å². The van der Waals surface area contributed by atoms with Gasteiger partial charge in [-0.3, -0.25) is 0 Å². The molecule has 2 unspecified atom stereocenters. The topological polar surface area (TPSA) is 24.5 Å². The standard InChI is InChI=1S/C12H26N2O/c1-4-12-5-6-14(7-8-15-3)10-11(2)9-13-12/h11-13H,4-10H2,1-3H3. The zero-order valence-electron chi connectivity index (χ0n) is 10.5. The van der Waals surface area contributed by atoms with Crippen molar-refractivity contribution < 1.29 is 4.74 Å². The number of methoxy groups -OCH3 is 1. The van der Waals surface area contributed by atoms with Gasteiger partial charge in [0.05, 0.1) is 6.61 Å². The summed E-state index contributed by atoms with van der Waals surface area (Å²) >= 11 is 0. The molecule has 0 aromatic rings. The Morgan fingerprint density at radius 2 is 2.27 bits per heavy atom. The highest BCUT2D eigenvalue weighted by Gasteiger charge is 2.17. The van der Waals surface area contributed by atoms with Crippen LogP contribution in [0.2, 0.25) is 0 Å². The quantitative estimate of drug-likeness (QED) is 0.764. The molecule has 3 heteroatoms. The van der Waals surface area contributed by atoms with Crippen LogP contribution in [0.1, 0.15) is 26.7 Å². The van der Waals surface area contributed by atoms with Crippen LogP contribution in [-0.4, -0.2) is 50.8 Å². The van der Waals surface area contributed by atoms with Crippen LogP contribution < -0.4 is 5.32 Å². The van der Waals surface area contributed by atoms with Crippen molar-refractivity contribution in [1.29, 1.82) is 0 Å². The van der Waals surface area contributed by atoms with Gasteiger partial charge in [-0.05, 0) is 31.8 Å². The van der Waals surface area contributed by atoms with Gasteiger partial charge in [-0.2, -0.15) is 0 Å².